The van der Waals surface area contributed by atoms with Gasteiger partial charge in [0.2, 0.25) is 12.7 Å². The molecule has 0 radical (unpaired) electrons. The van der Waals surface area contributed by atoms with E-state index < -0.39 is 11.9 Å². The predicted octanol–water partition coefficient (Wildman–Crippen LogP) is 5.57. The number of ether oxygens (including phenoxy) is 2. The summed E-state index contributed by atoms with van der Waals surface area (Å²) < 4.78 is 50.9. The Kier molecular flexibility index (Phi) is 6.73. The van der Waals surface area contributed by atoms with Crippen LogP contribution >= 0.6 is 11.8 Å². The van der Waals surface area contributed by atoms with E-state index in [1.54, 1.807) is 18.2 Å². The molecule has 2 aromatic carbocycles. The number of para-hydroxylation sites is 1. The highest BCUT2D eigenvalue weighted by atomic mass is 32.2. The van der Waals surface area contributed by atoms with Gasteiger partial charge in [-0.3, -0.25) is 4.79 Å². The molecule has 1 aliphatic heterocycles. The minimum absolute atomic E-state index is 0.0562. The fourth-order valence-corrected chi connectivity index (χ4v) is 4.03. The standard InChI is InChI=1S/C23H20F3N3O3S/c1-2-14-5-3-4-6-16(14)27-21(30)9-10-33-22-28-17(12-20(29-22)23(24,25)26)15-7-8-18-19(11-15)32-13-31-18/h3-8,11-12H,2,9-10,13H2,1H3,(H,27,30). The average molecular weight is 475 g/mol. The van der Waals surface area contributed by atoms with Gasteiger partial charge in [-0.15, -0.1) is 0 Å². The lowest BCUT2D eigenvalue weighted by atomic mass is 10.1. The van der Waals surface area contributed by atoms with Crippen LogP contribution in [0.5, 0.6) is 11.5 Å². The molecular formula is C23H20F3N3O3S. The molecule has 0 atom stereocenters. The summed E-state index contributed by atoms with van der Waals surface area (Å²) in [7, 11) is 0. The molecule has 0 spiro atoms. The first-order valence-electron chi connectivity index (χ1n) is 10.2. The SMILES string of the molecule is CCc1ccccc1NC(=O)CCSc1nc(-c2ccc3c(c2)OCO3)cc(C(F)(F)F)n1. The highest BCUT2D eigenvalue weighted by Crippen LogP contribution is 2.37. The van der Waals surface area contributed by atoms with Crippen LogP contribution in [0.25, 0.3) is 11.3 Å². The number of carbonyl (C=O) groups excluding carboxylic acids is 1. The van der Waals surface area contributed by atoms with Crippen molar-refractivity contribution in [3.63, 3.8) is 0 Å². The van der Waals surface area contributed by atoms with Crippen LogP contribution in [0.15, 0.2) is 53.7 Å². The highest BCUT2D eigenvalue weighted by Gasteiger charge is 2.34. The third-order valence-corrected chi connectivity index (χ3v) is 5.75. The maximum Gasteiger partial charge on any atom is 0.433 e. The molecule has 0 fully saturated rings. The Bertz CT molecular complexity index is 1170. The van der Waals surface area contributed by atoms with E-state index in [1.165, 1.54) is 0 Å². The highest BCUT2D eigenvalue weighted by molar-refractivity contribution is 7.99. The fraction of sp³-hybridized carbons (Fsp3) is 0.261. The van der Waals surface area contributed by atoms with Gasteiger partial charge >= 0.3 is 6.18 Å². The molecule has 0 saturated heterocycles. The summed E-state index contributed by atoms with van der Waals surface area (Å²) in [6.07, 6.45) is -3.77. The summed E-state index contributed by atoms with van der Waals surface area (Å²) in [6, 6.07) is 13.2. The van der Waals surface area contributed by atoms with Crippen molar-refractivity contribution in [1.82, 2.24) is 9.97 Å². The van der Waals surface area contributed by atoms with Crippen molar-refractivity contribution in [2.45, 2.75) is 31.1 Å². The number of fused-ring (bicyclic) bond motifs is 1. The van der Waals surface area contributed by atoms with Gasteiger partial charge in [-0.25, -0.2) is 9.97 Å². The van der Waals surface area contributed by atoms with Crippen molar-refractivity contribution in [1.29, 1.82) is 0 Å². The van der Waals surface area contributed by atoms with Crippen molar-refractivity contribution in [2.75, 3.05) is 17.9 Å². The third kappa shape index (κ3) is 5.57. The number of carbonyl (C=O) groups is 1. The molecule has 4 rings (SSSR count). The zero-order chi connectivity index (χ0) is 23.4. The van der Waals surface area contributed by atoms with Crippen molar-refractivity contribution in [3.8, 4) is 22.8 Å². The van der Waals surface area contributed by atoms with Gasteiger partial charge in [-0.05, 0) is 42.3 Å². The summed E-state index contributed by atoms with van der Waals surface area (Å²) in [6.45, 7) is 2.05. The second-order valence-electron chi connectivity index (χ2n) is 7.14. The maximum atomic E-state index is 13.4. The predicted molar refractivity (Wildman–Crippen MR) is 118 cm³/mol. The number of amides is 1. The van der Waals surface area contributed by atoms with Crippen LogP contribution in [0.3, 0.4) is 0 Å². The van der Waals surface area contributed by atoms with E-state index in [2.05, 4.69) is 15.3 Å². The summed E-state index contributed by atoms with van der Waals surface area (Å²) in [5, 5.41) is 2.79. The van der Waals surface area contributed by atoms with Crippen LogP contribution in [0.4, 0.5) is 18.9 Å². The van der Waals surface area contributed by atoms with Gasteiger partial charge in [-0.2, -0.15) is 13.2 Å². The lowest BCUT2D eigenvalue weighted by molar-refractivity contribution is -0.141. The van der Waals surface area contributed by atoms with Crippen molar-refractivity contribution in [3.05, 3.63) is 59.8 Å². The van der Waals surface area contributed by atoms with Crippen molar-refractivity contribution < 1.29 is 27.4 Å². The molecule has 10 heteroatoms. The third-order valence-electron chi connectivity index (χ3n) is 4.90. The lowest BCUT2D eigenvalue weighted by Gasteiger charge is -2.11. The van der Waals surface area contributed by atoms with E-state index in [9.17, 15) is 18.0 Å². The van der Waals surface area contributed by atoms with E-state index in [4.69, 9.17) is 9.47 Å². The molecular weight excluding hydrogens is 455 g/mol. The quantitative estimate of drug-likeness (QED) is 0.356. The van der Waals surface area contributed by atoms with Gasteiger partial charge in [0.1, 0.15) is 5.69 Å². The normalized spacial score (nSPS) is 12.6. The zero-order valence-corrected chi connectivity index (χ0v) is 18.4. The van der Waals surface area contributed by atoms with Crippen LogP contribution in [0, 0.1) is 0 Å². The molecule has 1 aliphatic rings. The number of thioether (sulfide) groups is 1. The summed E-state index contributed by atoms with van der Waals surface area (Å²) in [5.74, 6) is 0.959. The Balaban J connectivity index is 1.48. The monoisotopic (exact) mass is 475 g/mol. The Hall–Kier alpha value is -3.27. The maximum absolute atomic E-state index is 13.4. The first-order valence-corrected chi connectivity index (χ1v) is 11.2. The molecule has 0 unspecified atom stereocenters. The average Bonchev–Trinajstić information content (AvgIpc) is 3.26. The number of benzene rings is 2. The first-order chi connectivity index (χ1) is 15.8. The topological polar surface area (TPSA) is 73.3 Å². The minimum atomic E-state index is -4.63. The smallest absolute Gasteiger partial charge is 0.433 e. The molecule has 33 heavy (non-hydrogen) atoms. The van der Waals surface area contributed by atoms with Crippen LogP contribution in [-0.4, -0.2) is 28.4 Å². The van der Waals surface area contributed by atoms with E-state index in [0.29, 0.717) is 17.1 Å². The Morgan fingerprint density at radius 2 is 1.88 bits per heavy atom. The van der Waals surface area contributed by atoms with Gasteiger partial charge in [0, 0.05) is 23.4 Å². The summed E-state index contributed by atoms with van der Waals surface area (Å²) in [5.41, 5.74) is 1.25. The molecule has 1 N–H and O–H groups in total. The van der Waals surface area contributed by atoms with E-state index in [1.807, 2.05) is 31.2 Å². The van der Waals surface area contributed by atoms with E-state index >= 15 is 0 Å². The summed E-state index contributed by atoms with van der Waals surface area (Å²) in [4.78, 5) is 20.2. The zero-order valence-electron chi connectivity index (χ0n) is 17.6. The summed E-state index contributed by atoms with van der Waals surface area (Å²) >= 11 is 0.995. The molecule has 1 amide bonds. The number of nitrogens with zero attached hydrogens (tertiary/aromatic N) is 2. The molecule has 3 aromatic rings. The van der Waals surface area contributed by atoms with Gasteiger partial charge in [0.15, 0.2) is 16.7 Å². The molecule has 1 aromatic heterocycles. The van der Waals surface area contributed by atoms with Crippen molar-refractivity contribution >= 4 is 23.4 Å². The Morgan fingerprint density at radius 1 is 1.09 bits per heavy atom. The van der Waals surface area contributed by atoms with Crippen LogP contribution in [0.1, 0.15) is 24.6 Å². The van der Waals surface area contributed by atoms with Gasteiger partial charge in [0.25, 0.3) is 0 Å². The number of alkyl halides is 3. The van der Waals surface area contributed by atoms with Crippen LogP contribution in [-0.2, 0) is 17.4 Å². The minimum Gasteiger partial charge on any atom is -0.454 e. The number of anilines is 1. The second kappa shape index (κ2) is 9.70. The second-order valence-corrected chi connectivity index (χ2v) is 8.21. The largest absolute Gasteiger partial charge is 0.454 e. The van der Waals surface area contributed by atoms with Crippen LogP contribution in [0.2, 0.25) is 0 Å². The number of aryl methyl sites for hydroxylation is 1. The number of hydrogen-bond acceptors (Lipinski definition) is 6. The number of halogens is 3. The van der Waals surface area contributed by atoms with Crippen LogP contribution < -0.4 is 14.8 Å². The molecule has 0 aliphatic carbocycles. The molecule has 6 nitrogen and oxygen atoms in total. The van der Waals surface area contributed by atoms with Gasteiger partial charge in [-0.1, -0.05) is 36.9 Å². The number of rotatable bonds is 7. The number of aromatic nitrogens is 2. The van der Waals surface area contributed by atoms with Crippen molar-refractivity contribution in [2.24, 2.45) is 0 Å². The molecule has 172 valence electrons. The first kappa shape index (κ1) is 22.9. The molecule has 0 saturated carbocycles. The van der Waals surface area contributed by atoms with E-state index in [0.717, 1.165) is 35.5 Å². The van der Waals surface area contributed by atoms with E-state index in [-0.39, 0.29) is 35.7 Å². The molecule has 0 bridgehead atoms. The van der Waals surface area contributed by atoms with Gasteiger partial charge < -0.3 is 14.8 Å². The Morgan fingerprint density at radius 3 is 2.67 bits per heavy atom. The molecule has 2 heterocycles. The van der Waals surface area contributed by atoms with Gasteiger partial charge in [0.05, 0.1) is 5.69 Å². The number of hydrogen-bond donors (Lipinski definition) is 1. The fourth-order valence-electron chi connectivity index (χ4n) is 3.24. The Labute approximate surface area is 192 Å². The number of nitrogens with one attached hydrogen (secondary N) is 1. The lowest BCUT2D eigenvalue weighted by Crippen LogP contribution is -2.14.